The first-order valence-electron chi connectivity index (χ1n) is 6.02. The molecule has 0 fully saturated rings. The van der Waals surface area contributed by atoms with Crippen molar-refractivity contribution in [1.82, 2.24) is 0 Å². The molecule has 0 aliphatic heterocycles. The molecule has 4 heteroatoms. The summed E-state index contributed by atoms with van der Waals surface area (Å²) in [6, 6.07) is 14.3. The molecule has 2 rings (SSSR count). The SMILES string of the molecule is COc1cccc(C=O)c1OCc1cccc(C#N)c1. The van der Waals surface area contributed by atoms with Crippen LogP contribution in [-0.4, -0.2) is 13.4 Å². The third-order valence-electron chi connectivity index (χ3n) is 2.80. The lowest BCUT2D eigenvalue weighted by atomic mass is 10.1. The zero-order valence-corrected chi connectivity index (χ0v) is 11.0. The van der Waals surface area contributed by atoms with E-state index in [0.717, 1.165) is 11.8 Å². The molecule has 0 N–H and O–H groups in total. The van der Waals surface area contributed by atoms with Gasteiger partial charge in [0, 0.05) is 0 Å². The zero-order chi connectivity index (χ0) is 14.4. The average Bonchev–Trinajstić information content (AvgIpc) is 2.52. The monoisotopic (exact) mass is 267 g/mol. The van der Waals surface area contributed by atoms with Gasteiger partial charge in [0.1, 0.15) is 6.61 Å². The first-order valence-corrected chi connectivity index (χ1v) is 6.02. The normalized spacial score (nSPS) is 9.60. The average molecular weight is 267 g/mol. The van der Waals surface area contributed by atoms with Crippen molar-refractivity contribution in [3.8, 4) is 17.6 Å². The highest BCUT2D eigenvalue weighted by Crippen LogP contribution is 2.30. The van der Waals surface area contributed by atoms with Crippen LogP contribution < -0.4 is 9.47 Å². The third kappa shape index (κ3) is 2.96. The topological polar surface area (TPSA) is 59.3 Å². The lowest BCUT2D eigenvalue weighted by molar-refractivity contribution is 0.111. The Morgan fingerprint density at radius 3 is 2.75 bits per heavy atom. The van der Waals surface area contributed by atoms with E-state index in [2.05, 4.69) is 6.07 Å². The number of benzene rings is 2. The van der Waals surface area contributed by atoms with Crippen LogP contribution in [0.25, 0.3) is 0 Å². The minimum absolute atomic E-state index is 0.261. The summed E-state index contributed by atoms with van der Waals surface area (Å²) in [5.41, 5.74) is 1.86. The van der Waals surface area contributed by atoms with Crippen LogP contribution in [-0.2, 0) is 6.61 Å². The van der Waals surface area contributed by atoms with Crippen LogP contribution >= 0.6 is 0 Å². The van der Waals surface area contributed by atoms with E-state index in [-0.39, 0.29) is 6.61 Å². The number of rotatable bonds is 5. The largest absolute Gasteiger partial charge is 0.493 e. The lowest BCUT2D eigenvalue weighted by Gasteiger charge is -2.12. The van der Waals surface area contributed by atoms with Crippen molar-refractivity contribution in [3.63, 3.8) is 0 Å². The Balaban J connectivity index is 2.22. The standard InChI is InChI=1S/C16H13NO3/c1-19-15-7-3-6-14(10-18)16(15)20-11-13-5-2-4-12(8-13)9-17/h2-8,10H,11H2,1H3. The van der Waals surface area contributed by atoms with Crippen LogP contribution in [0, 0.1) is 11.3 Å². The Morgan fingerprint density at radius 1 is 1.25 bits per heavy atom. The van der Waals surface area contributed by atoms with Gasteiger partial charge in [0.05, 0.1) is 24.3 Å². The Morgan fingerprint density at radius 2 is 2.05 bits per heavy atom. The predicted octanol–water partition coefficient (Wildman–Crippen LogP) is 2.96. The molecular formula is C16H13NO3. The van der Waals surface area contributed by atoms with E-state index in [0.29, 0.717) is 22.6 Å². The number of nitrogens with zero attached hydrogens (tertiary/aromatic N) is 1. The fourth-order valence-corrected chi connectivity index (χ4v) is 1.83. The number of carbonyl (C=O) groups excluding carboxylic acids is 1. The van der Waals surface area contributed by atoms with E-state index < -0.39 is 0 Å². The van der Waals surface area contributed by atoms with E-state index in [4.69, 9.17) is 14.7 Å². The van der Waals surface area contributed by atoms with Gasteiger partial charge in [0.15, 0.2) is 17.8 Å². The number of hydrogen-bond donors (Lipinski definition) is 0. The van der Waals surface area contributed by atoms with Crippen molar-refractivity contribution in [1.29, 1.82) is 5.26 Å². The number of ether oxygens (including phenoxy) is 2. The van der Waals surface area contributed by atoms with E-state index in [1.165, 1.54) is 7.11 Å². The second kappa shape index (κ2) is 6.39. The maximum absolute atomic E-state index is 11.0. The van der Waals surface area contributed by atoms with Crippen LogP contribution in [0.4, 0.5) is 0 Å². The molecule has 2 aromatic rings. The second-order valence-electron chi connectivity index (χ2n) is 4.10. The minimum Gasteiger partial charge on any atom is -0.493 e. The fourth-order valence-electron chi connectivity index (χ4n) is 1.83. The Labute approximate surface area is 117 Å². The molecule has 0 atom stereocenters. The molecule has 0 radical (unpaired) electrons. The Hall–Kier alpha value is -2.80. The molecule has 100 valence electrons. The van der Waals surface area contributed by atoms with Crippen molar-refractivity contribution in [2.75, 3.05) is 7.11 Å². The molecule has 0 amide bonds. The van der Waals surface area contributed by atoms with Gasteiger partial charge < -0.3 is 9.47 Å². The Bertz CT molecular complexity index is 659. The van der Waals surface area contributed by atoms with Crippen LogP contribution in [0.3, 0.4) is 0 Å². The molecule has 0 bridgehead atoms. The summed E-state index contributed by atoms with van der Waals surface area (Å²) in [6.45, 7) is 0.261. The highest BCUT2D eigenvalue weighted by molar-refractivity contribution is 5.81. The zero-order valence-electron chi connectivity index (χ0n) is 11.0. The summed E-state index contributed by atoms with van der Waals surface area (Å²) >= 11 is 0. The molecular weight excluding hydrogens is 254 g/mol. The number of nitriles is 1. The third-order valence-corrected chi connectivity index (χ3v) is 2.80. The molecule has 0 heterocycles. The van der Waals surface area contributed by atoms with Gasteiger partial charge in [-0.3, -0.25) is 4.79 Å². The molecule has 0 saturated carbocycles. The van der Waals surface area contributed by atoms with Gasteiger partial charge in [-0.2, -0.15) is 5.26 Å². The molecule has 0 aromatic heterocycles. The smallest absolute Gasteiger partial charge is 0.172 e. The van der Waals surface area contributed by atoms with E-state index in [9.17, 15) is 4.79 Å². The summed E-state index contributed by atoms with van der Waals surface area (Å²) in [7, 11) is 1.52. The highest BCUT2D eigenvalue weighted by atomic mass is 16.5. The Kier molecular flexibility index (Phi) is 4.35. The van der Waals surface area contributed by atoms with Gasteiger partial charge in [-0.05, 0) is 29.8 Å². The van der Waals surface area contributed by atoms with Crippen LogP contribution in [0.15, 0.2) is 42.5 Å². The fraction of sp³-hybridized carbons (Fsp3) is 0.125. The van der Waals surface area contributed by atoms with E-state index in [1.54, 1.807) is 36.4 Å². The number of carbonyl (C=O) groups is 1. The molecule has 20 heavy (non-hydrogen) atoms. The first kappa shape index (κ1) is 13.6. The van der Waals surface area contributed by atoms with Gasteiger partial charge in [-0.15, -0.1) is 0 Å². The molecule has 0 unspecified atom stereocenters. The summed E-state index contributed by atoms with van der Waals surface area (Å²) in [6.07, 6.45) is 0.726. The number of methoxy groups -OCH3 is 1. The van der Waals surface area contributed by atoms with Crippen molar-refractivity contribution in [3.05, 3.63) is 59.2 Å². The quantitative estimate of drug-likeness (QED) is 0.781. The lowest BCUT2D eigenvalue weighted by Crippen LogP contribution is -2.01. The predicted molar refractivity (Wildman–Crippen MR) is 73.9 cm³/mol. The van der Waals surface area contributed by atoms with Gasteiger partial charge in [-0.1, -0.05) is 18.2 Å². The van der Waals surface area contributed by atoms with Gasteiger partial charge in [0.2, 0.25) is 0 Å². The molecule has 4 nitrogen and oxygen atoms in total. The second-order valence-corrected chi connectivity index (χ2v) is 4.10. The summed E-state index contributed by atoms with van der Waals surface area (Å²) in [4.78, 5) is 11.0. The number of hydrogen-bond acceptors (Lipinski definition) is 4. The molecule has 0 aliphatic carbocycles. The summed E-state index contributed by atoms with van der Waals surface area (Å²) in [5.74, 6) is 0.915. The maximum atomic E-state index is 11.0. The van der Waals surface area contributed by atoms with Crippen molar-refractivity contribution in [2.45, 2.75) is 6.61 Å². The highest BCUT2D eigenvalue weighted by Gasteiger charge is 2.10. The van der Waals surface area contributed by atoms with Crippen molar-refractivity contribution >= 4 is 6.29 Å². The molecule has 0 aliphatic rings. The molecule has 0 spiro atoms. The van der Waals surface area contributed by atoms with Gasteiger partial charge in [0.25, 0.3) is 0 Å². The van der Waals surface area contributed by atoms with E-state index >= 15 is 0 Å². The summed E-state index contributed by atoms with van der Waals surface area (Å²) < 4.78 is 10.9. The van der Waals surface area contributed by atoms with Crippen LogP contribution in [0.2, 0.25) is 0 Å². The molecule has 2 aromatic carbocycles. The van der Waals surface area contributed by atoms with Crippen molar-refractivity contribution in [2.24, 2.45) is 0 Å². The minimum atomic E-state index is 0.261. The maximum Gasteiger partial charge on any atom is 0.172 e. The van der Waals surface area contributed by atoms with Crippen LogP contribution in [0.5, 0.6) is 11.5 Å². The van der Waals surface area contributed by atoms with Crippen molar-refractivity contribution < 1.29 is 14.3 Å². The molecule has 0 saturated heterocycles. The van der Waals surface area contributed by atoms with Gasteiger partial charge in [-0.25, -0.2) is 0 Å². The van der Waals surface area contributed by atoms with Gasteiger partial charge >= 0.3 is 0 Å². The number of aldehydes is 1. The van der Waals surface area contributed by atoms with E-state index in [1.807, 2.05) is 6.07 Å². The van der Waals surface area contributed by atoms with Crippen LogP contribution in [0.1, 0.15) is 21.5 Å². The summed E-state index contributed by atoms with van der Waals surface area (Å²) in [5, 5.41) is 8.85. The first-order chi connectivity index (χ1) is 9.78. The number of para-hydroxylation sites is 1.